The quantitative estimate of drug-likeness (QED) is 0.747. The fourth-order valence-corrected chi connectivity index (χ4v) is 3.78. The van der Waals surface area contributed by atoms with Crippen LogP contribution in [0.3, 0.4) is 0 Å². The normalized spacial score (nSPS) is 16.4. The average molecular weight is 315 g/mol. The van der Waals surface area contributed by atoms with Gasteiger partial charge in [-0.1, -0.05) is 55.0 Å². The Bertz CT molecular complexity index is 821. The molecule has 0 saturated heterocycles. The summed E-state index contributed by atoms with van der Waals surface area (Å²) < 4.78 is 0. The molecule has 120 valence electrons. The number of nitrogens with zero attached hydrogens (tertiary/aromatic N) is 1. The Balaban J connectivity index is 1.73. The Morgan fingerprint density at radius 3 is 2.46 bits per heavy atom. The number of carbonyl (C=O) groups is 1. The van der Waals surface area contributed by atoms with Crippen LogP contribution in [0, 0.1) is 17.8 Å². The minimum absolute atomic E-state index is 0.229. The zero-order valence-corrected chi connectivity index (χ0v) is 13.8. The molecule has 1 aliphatic carbocycles. The molecule has 0 radical (unpaired) electrons. The van der Waals surface area contributed by atoms with E-state index in [1.54, 1.807) is 0 Å². The van der Waals surface area contributed by atoms with Gasteiger partial charge < -0.3 is 4.90 Å². The summed E-state index contributed by atoms with van der Waals surface area (Å²) >= 11 is 0. The SMILES string of the molecule is O=C(CC1CCCC1)N1Cc2ccccc2C#Cc2ccccc21. The molecule has 4 rings (SSSR count). The van der Waals surface area contributed by atoms with E-state index in [4.69, 9.17) is 0 Å². The van der Waals surface area contributed by atoms with Crippen molar-refractivity contribution in [2.24, 2.45) is 5.92 Å². The molecule has 1 aliphatic heterocycles. The Labute approximate surface area is 143 Å². The lowest BCUT2D eigenvalue weighted by atomic mass is 10.00. The van der Waals surface area contributed by atoms with Crippen LogP contribution in [0.2, 0.25) is 0 Å². The summed E-state index contributed by atoms with van der Waals surface area (Å²) in [5, 5.41) is 0. The van der Waals surface area contributed by atoms with Gasteiger partial charge in [0.25, 0.3) is 0 Å². The van der Waals surface area contributed by atoms with Crippen molar-refractivity contribution in [1.82, 2.24) is 0 Å². The molecule has 1 amide bonds. The first-order valence-electron chi connectivity index (χ1n) is 8.80. The lowest BCUT2D eigenvalue weighted by molar-refractivity contribution is -0.119. The van der Waals surface area contributed by atoms with Crippen LogP contribution >= 0.6 is 0 Å². The van der Waals surface area contributed by atoms with Gasteiger partial charge in [-0.2, -0.15) is 0 Å². The Hall–Kier alpha value is -2.53. The maximum Gasteiger partial charge on any atom is 0.227 e. The number of hydrogen-bond acceptors (Lipinski definition) is 1. The summed E-state index contributed by atoms with van der Waals surface area (Å²) in [5.74, 6) is 7.30. The first-order valence-corrected chi connectivity index (χ1v) is 8.80. The van der Waals surface area contributed by atoms with Gasteiger partial charge in [-0.3, -0.25) is 4.79 Å². The second-order valence-electron chi connectivity index (χ2n) is 6.76. The highest BCUT2D eigenvalue weighted by Gasteiger charge is 2.25. The third-order valence-electron chi connectivity index (χ3n) is 5.11. The van der Waals surface area contributed by atoms with E-state index in [0.717, 1.165) is 22.4 Å². The summed E-state index contributed by atoms with van der Waals surface area (Å²) in [6, 6.07) is 16.1. The largest absolute Gasteiger partial charge is 0.307 e. The molecular formula is C22H21NO. The molecule has 0 N–H and O–H groups in total. The fraction of sp³-hybridized carbons (Fsp3) is 0.318. The van der Waals surface area contributed by atoms with E-state index in [1.807, 2.05) is 47.4 Å². The van der Waals surface area contributed by atoms with Gasteiger partial charge in [0.15, 0.2) is 0 Å². The van der Waals surface area contributed by atoms with Gasteiger partial charge in [0, 0.05) is 17.5 Å². The number of carbonyl (C=O) groups excluding carboxylic acids is 1. The third-order valence-corrected chi connectivity index (χ3v) is 5.11. The molecule has 2 nitrogen and oxygen atoms in total. The lowest BCUT2D eigenvalue weighted by Gasteiger charge is -2.27. The van der Waals surface area contributed by atoms with Crippen LogP contribution < -0.4 is 4.90 Å². The molecule has 0 atom stereocenters. The van der Waals surface area contributed by atoms with Crippen LogP contribution in [0.15, 0.2) is 48.5 Å². The van der Waals surface area contributed by atoms with Gasteiger partial charge in [-0.25, -0.2) is 0 Å². The van der Waals surface area contributed by atoms with Crippen molar-refractivity contribution >= 4 is 11.6 Å². The summed E-state index contributed by atoms with van der Waals surface area (Å²) in [4.78, 5) is 15.0. The topological polar surface area (TPSA) is 20.3 Å². The van der Waals surface area contributed by atoms with Crippen LogP contribution in [0.1, 0.15) is 48.8 Å². The standard InChI is InChI=1S/C22H21NO/c24-22(15-17-7-1-2-8-17)23-16-20-11-4-3-9-18(20)13-14-19-10-5-6-12-21(19)23/h3-6,9-12,17H,1-2,7-8,15-16H2. The average Bonchev–Trinajstić information content (AvgIpc) is 3.10. The summed E-state index contributed by atoms with van der Waals surface area (Å²) in [5.41, 5.74) is 4.03. The van der Waals surface area contributed by atoms with Crippen LogP contribution in [0.25, 0.3) is 0 Å². The first kappa shape index (κ1) is 15.0. The second-order valence-corrected chi connectivity index (χ2v) is 6.76. The molecule has 2 aromatic carbocycles. The molecule has 1 fully saturated rings. The Morgan fingerprint density at radius 2 is 1.62 bits per heavy atom. The predicted octanol–water partition coefficient (Wildman–Crippen LogP) is 4.51. The van der Waals surface area contributed by atoms with E-state index in [-0.39, 0.29) is 5.91 Å². The Kier molecular flexibility index (Phi) is 4.09. The summed E-state index contributed by atoms with van der Waals surface area (Å²) in [6.45, 7) is 0.605. The monoisotopic (exact) mass is 315 g/mol. The second kappa shape index (κ2) is 6.53. The molecule has 0 spiro atoms. The molecule has 2 heteroatoms. The number of para-hydroxylation sites is 1. The minimum atomic E-state index is 0.229. The number of rotatable bonds is 2. The summed E-state index contributed by atoms with van der Waals surface area (Å²) in [6.07, 6.45) is 5.57. The molecule has 1 heterocycles. The van der Waals surface area contributed by atoms with Gasteiger partial charge in [0.1, 0.15) is 0 Å². The maximum atomic E-state index is 13.1. The highest BCUT2D eigenvalue weighted by Crippen LogP contribution is 2.31. The summed E-state index contributed by atoms with van der Waals surface area (Å²) in [7, 11) is 0. The maximum absolute atomic E-state index is 13.1. The minimum Gasteiger partial charge on any atom is -0.307 e. The van der Waals surface area contributed by atoms with Gasteiger partial charge in [-0.05, 0) is 42.5 Å². The van der Waals surface area contributed by atoms with Crippen molar-refractivity contribution in [1.29, 1.82) is 0 Å². The van der Waals surface area contributed by atoms with Crippen molar-refractivity contribution in [3.63, 3.8) is 0 Å². The molecular weight excluding hydrogens is 294 g/mol. The van der Waals surface area contributed by atoms with Gasteiger partial charge >= 0.3 is 0 Å². The Morgan fingerprint density at radius 1 is 0.958 bits per heavy atom. The molecule has 2 aromatic rings. The third kappa shape index (κ3) is 2.95. The van der Waals surface area contributed by atoms with E-state index in [0.29, 0.717) is 18.9 Å². The first-order chi connectivity index (χ1) is 11.8. The van der Waals surface area contributed by atoms with E-state index >= 15 is 0 Å². The van der Waals surface area contributed by atoms with Crippen molar-refractivity contribution in [3.05, 3.63) is 65.2 Å². The number of benzene rings is 2. The van der Waals surface area contributed by atoms with Crippen LogP contribution in [-0.2, 0) is 11.3 Å². The zero-order valence-electron chi connectivity index (χ0n) is 13.8. The van der Waals surface area contributed by atoms with Crippen LogP contribution in [0.5, 0.6) is 0 Å². The molecule has 0 bridgehead atoms. The van der Waals surface area contributed by atoms with E-state index in [2.05, 4.69) is 17.9 Å². The van der Waals surface area contributed by atoms with Gasteiger partial charge in [0.2, 0.25) is 5.91 Å². The lowest BCUT2D eigenvalue weighted by Crippen LogP contribution is -2.32. The van der Waals surface area contributed by atoms with Crippen molar-refractivity contribution in [2.75, 3.05) is 4.90 Å². The van der Waals surface area contributed by atoms with E-state index in [1.165, 1.54) is 25.7 Å². The number of anilines is 1. The number of hydrogen-bond donors (Lipinski definition) is 0. The predicted molar refractivity (Wildman–Crippen MR) is 96.6 cm³/mol. The number of fused-ring (bicyclic) bond motifs is 2. The molecule has 0 unspecified atom stereocenters. The number of amides is 1. The van der Waals surface area contributed by atoms with E-state index in [9.17, 15) is 4.79 Å². The van der Waals surface area contributed by atoms with Crippen molar-refractivity contribution in [2.45, 2.75) is 38.6 Å². The smallest absolute Gasteiger partial charge is 0.227 e. The van der Waals surface area contributed by atoms with E-state index < -0.39 is 0 Å². The van der Waals surface area contributed by atoms with Crippen LogP contribution in [0.4, 0.5) is 5.69 Å². The van der Waals surface area contributed by atoms with Crippen molar-refractivity contribution < 1.29 is 4.79 Å². The molecule has 1 saturated carbocycles. The molecule has 0 aromatic heterocycles. The van der Waals surface area contributed by atoms with Crippen LogP contribution in [-0.4, -0.2) is 5.91 Å². The molecule has 24 heavy (non-hydrogen) atoms. The zero-order chi connectivity index (χ0) is 16.4. The van der Waals surface area contributed by atoms with Crippen molar-refractivity contribution in [3.8, 4) is 11.8 Å². The highest BCUT2D eigenvalue weighted by molar-refractivity contribution is 5.95. The highest BCUT2D eigenvalue weighted by atomic mass is 16.2. The molecule has 2 aliphatic rings. The van der Waals surface area contributed by atoms with Gasteiger partial charge in [0.05, 0.1) is 12.2 Å². The fourth-order valence-electron chi connectivity index (χ4n) is 3.78. The van der Waals surface area contributed by atoms with Gasteiger partial charge in [-0.15, -0.1) is 0 Å².